The van der Waals surface area contributed by atoms with Crippen LogP contribution in [0, 0.1) is 30.1 Å². The third kappa shape index (κ3) is 13.4. The molecule has 1 N–H and O–H groups in total. The number of rotatable bonds is 9. The zero-order chi connectivity index (χ0) is 49.9. The molecule has 7 nitrogen and oxygen atoms in total. The van der Waals surface area contributed by atoms with E-state index < -0.39 is 8.45 Å². The number of hydrogen-bond acceptors (Lipinski definition) is 7. The minimum Gasteiger partial charge on any atom is -0.405 e. The van der Waals surface area contributed by atoms with E-state index in [0.717, 1.165) is 12.8 Å². The standard InChI is InChI=1S/C31H35N2OP.C12H13N.C12H11N.C6H12BO2.CH4/c1-23(27-18-10-14-25-12-6-8-16-29(25)27)32-20-21-33(35(32)34-22-31(3,4)5)24(2)28-19-11-15-26-13-7-9-17-30(26)28;2*1-2-9-13-12-8-7-10-5-3-4-6-11(10)12;1-5(2)6(3,4)9-7-8-5;/h6-21,23-24H,22H2,1-5H3;1,3-6,12-13H,7-9H2;1,3-6H,7-9H2;1-4H3;1H4/t23-,24-;;;;/m1..../s1. The molecular weight excluding hydrogens is 890 g/mol. The van der Waals surface area contributed by atoms with Gasteiger partial charge >= 0.3 is 7.69 Å². The van der Waals surface area contributed by atoms with Gasteiger partial charge in [-0.2, -0.15) is 0 Å². The molecule has 1 saturated heterocycles. The molecule has 0 spiro atoms. The largest absolute Gasteiger partial charge is 0.488 e. The predicted octanol–water partition coefficient (Wildman–Crippen LogP) is 14.9. The van der Waals surface area contributed by atoms with Crippen molar-refractivity contribution in [1.29, 1.82) is 0 Å². The van der Waals surface area contributed by atoms with Crippen molar-refractivity contribution in [2.45, 2.75) is 125 Å². The van der Waals surface area contributed by atoms with Crippen LogP contribution >= 0.6 is 8.45 Å². The average molecular weight is 966 g/mol. The summed E-state index contributed by atoms with van der Waals surface area (Å²) in [4.78, 5) is 4.36. The first-order chi connectivity index (χ1) is 33.6. The van der Waals surface area contributed by atoms with Crippen LogP contribution in [0.15, 0.2) is 151 Å². The van der Waals surface area contributed by atoms with E-state index in [1.54, 1.807) is 0 Å². The molecule has 9 heteroatoms. The third-order valence-electron chi connectivity index (χ3n) is 13.8. The highest BCUT2D eigenvalue weighted by atomic mass is 31.2. The molecule has 0 amide bonds. The van der Waals surface area contributed by atoms with Crippen LogP contribution in [0.3, 0.4) is 0 Å². The van der Waals surface area contributed by atoms with E-state index in [-0.39, 0.29) is 36.1 Å². The molecular formula is C62H75BN4O3P. The number of terminal acetylenes is 2. The number of benzene rings is 6. The fourth-order valence-corrected chi connectivity index (χ4v) is 11.2. The summed E-state index contributed by atoms with van der Waals surface area (Å²) in [6, 6.07) is 48.4. The van der Waals surface area contributed by atoms with Crippen molar-refractivity contribution in [1.82, 2.24) is 14.7 Å². The molecule has 2 aliphatic carbocycles. The smallest absolute Gasteiger partial charge is 0.405 e. The molecule has 0 saturated carbocycles. The molecule has 0 aromatic heterocycles. The maximum Gasteiger partial charge on any atom is 0.488 e. The van der Waals surface area contributed by atoms with E-state index in [0.29, 0.717) is 25.7 Å². The molecule has 0 bridgehead atoms. The first-order valence-electron chi connectivity index (χ1n) is 24.7. The van der Waals surface area contributed by atoms with Crippen LogP contribution in [-0.2, 0) is 26.7 Å². The Bertz CT molecular complexity index is 2730. The number of nitrogens with zero attached hydrogens (tertiary/aromatic N) is 3. The van der Waals surface area contributed by atoms with Gasteiger partial charge in [0.1, 0.15) is 0 Å². The Labute approximate surface area is 428 Å². The number of nitrogens with one attached hydrogen (secondary N) is 1. The molecule has 2 heterocycles. The Morgan fingerprint density at radius 1 is 0.704 bits per heavy atom. The molecule has 6 aromatic carbocycles. The van der Waals surface area contributed by atoms with Crippen LogP contribution in [0.2, 0.25) is 0 Å². The molecule has 1 radical (unpaired) electrons. The first kappa shape index (κ1) is 54.6. The third-order valence-corrected chi connectivity index (χ3v) is 15.9. The highest BCUT2D eigenvalue weighted by Crippen LogP contribution is 2.59. The monoisotopic (exact) mass is 966 g/mol. The number of aryl methyl sites for hydroxylation is 2. The van der Waals surface area contributed by atoms with Gasteiger partial charge in [-0.15, -0.1) is 12.8 Å². The van der Waals surface area contributed by atoms with E-state index >= 15 is 0 Å². The number of fused-ring (bicyclic) bond motifs is 4. The summed E-state index contributed by atoms with van der Waals surface area (Å²) in [5.74, 6) is 5.15. The number of hydrogen-bond donors (Lipinski definition) is 1. The van der Waals surface area contributed by atoms with Crippen molar-refractivity contribution in [3.8, 4) is 24.7 Å². The molecule has 1 unspecified atom stereocenters. The highest BCUT2D eigenvalue weighted by Gasteiger charge is 2.44. The Balaban J connectivity index is 0.000000186. The second kappa shape index (κ2) is 24.6. The van der Waals surface area contributed by atoms with Gasteiger partial charge in [0, 0.05) is 24.2 Å². The average Bonchev–Trinajstić information content (AvgIpc) is 4.15. The molecule has 1 fully saturated rings. The van der Waals surface area contributed by atoms with Crippen molar-refractivity contribution in [2.24, 2.45) is 10.4 Å². The molecule has 369 valence electrons. The van der Waals surface area contributed by atoms with E-state index in [2.05, 4.69) is 212 Å². The predicted molar refractivity (Wildman–Crippen MR) is 302 cm³/mol. The lowest BCUT2D eigenvalue weighted by Gasteiger charge is -2.39. The topological polar surface area (TPSA) is 58.6 Å². The van der Waals surface area contributed by atoms with Crippen molar-refractivity contribution in [3.63, 3.8) is 0 Å². The van der Waals surface area contributed by atoms with Crippen molar-refractivity contribution < 1.29 is 13.8 Å². The van der Waals surface area contributed by atoms with E-state index in [1.807, 2.05) is 27.7 Å². The normalized spacial score (nSPS) is 18.5. The van der Waals surface area contributed by atoms with Gasteiger partial charge in [-0.3, -0.25) is 10.3 Å². The Morgan fingerprint density at radius 3 is 1.76 bits per heavy atom. The van der Waals surface area contributed by atoms with Gasteiger partial charge in [-0.1, -0.05) is 173 Å². The molecule has 10 rings (SSSR count). The van der Waals surface area contributed by atoms with Crippen LogP contribution in [0.1, 0.15) is 134 Å². The zero-order valence-corrected chi connectivity index (χ0v) is 43.7. The van der Waals surface area contributed by atoms with Crippen LogP contribution in [0.5, 0.6) is 0 Å². The fourth-order valence-electron chi connectivity index (χ4n) is 9.04. The maximum atomic E-state index is 6.76. The summed E-state index contributed by atoms with van der Waals surface area (Å²) in [5.41, 5.74) is 9.14. The Hall–Kier alpha value is -5.70. The lowest BCUT2D eigenvalue weighted by Crippen LogP contribution is -2.41. The SMILES string of the molecule is C.C#CCN=C1CCc2ccccc21.C#CCNC1CCc2ccccc21.CC1(C)O[B]OC1(C)C.C[C@H](c1cccc2ccccc12)N1C=CN([C@H](C)c2cccc3ccccc23)P1OCC(C)(C)C. The maximum absolute atomic E-state index is 6.76. The molecule has 6 aromatic rings. The van der Waals surface area contributed by atoms with E-state index in [9.17, 15) is 0 Å². The Morgan fingerprint density at radius 2 is 1.23 bits per heavy atom. The second-order valence-corrected chi connectivity index (χ2v) is 22.2. The van der Waals surface area contributed by atoms with Gasteiger partial charge in [0.25, 0.3) is 0 Å². The summed E-state index contributed by atoms with van der Waals surface area (Å²) in [6.07, 6.45) is 19.4. The minimum absolute atomic E-state index is 0. The summed E-state index contributed by atoms with van der Waals surface area (Å²) >= 11 is 0. The highest BCUT2D eigenvalue weighted by molar-refractivity contribution is 7.48. The zero-order valence-electron chi connectivity index (χ0n) is 42.8. The van der Waals surface area contributed by atoms with Gasteiger partial charge in [0.2, 0.25) is 8.45 Å². The Kier molecular flexibility index (Phi) is 18.9. The number of aliphatic imine (C=N–C) groups is 1. The van der Waals surface area contributed by atoms with Gasteiger partial charge < -0.3 is 23.2 Å². The summed E-state index contributed by atoms with van der Waals surface area (Å²) in [7, 11) is 0.399. The van der Waals surface area contributed by atoms with Crippen LogP contribution in [0.4, 0.5) is 0 Å². The lowest BCUT2D eigenvalue weighted by molar-refractivity contribution is 0.00578. The van der Waals surface area contributed by atoms with Crippen molar-refractivity contribution >= 4 is 43.4 Å². The van der Waals surface area contributed by atoms with E-state index in [4.69, 9.17) is 26.7 Å². The van der Waals surface area contributed by atoms with E-state index in [1.165, 1.54) is 81.2 Å². The quantitative estimate of drug-likeness (QED) is 0.0885. The van der Waals surface area contributed by atoms with Crippen LogP contribution < -0.4 is 5.32 Å². The van der Waals surface area contributed by atoms with Gasteiger partial charge in [-0.05, 0) is 128 Å². The summed E-state index contributed by atoms with van der Waals surface area (Å²) in [5, 5.41) is 8.52. The van der Waals surface area contributed by atoms with Crippen LogP contribution in [0.25, 0.3) is 21.5 Å². The molecule has 71 heavy (non-hydrogen) atoms. The minimum atomic E-state index is -1.02. The summed E-state index contributed by atoms with van der Waals surface area (Å²) in [6.45, 7) is 21.2. The summed E-state index contributed by atoms with van der Waals surface area (Å²) < 4.78 is 22.0. The molecule has 3 atom stereocenters. The first-order valence-corrected chi connectivity index (χ1v) is 25.9. The fraction of sp³-hybridized carbons (Fsp3) is 0.371. The molecule has 2 aliphatic heterocycles. The van der Waals surface area contributed by atoms with Gasteiger partial charge in [0.15, 0.2) is 0 Å². The van der Waals surface area contributed by atoms with Gasteiger partial charge in [0.05, 0.1) is 43.0 Å². The molecule has 4 aliphatic rings. The van der Waals surface area contributed by atoms with Gasteiger partial charge in [-0.25, -0.2) is 0 Å². The van der Waals surface area contributed by atoms with Crippen molar-refractivity contribution in [3.05, 3.63) is 179 Å². The lowest BCUT2D eigenvalue weighted by atomic mass is 9.90. The second-order valence-electron chi connectivity index (χ2n) is 20.5. The van der Waals surface area contributed by atoms with Crippen molar-refractivity contribution in [2.75, 3.05) is 19.7 Å². The van der Waals surface area contributed by atoms with Crippen LogP contribution in [-0.4, -0.2) is 53.6 Å².